The number of ether oxygens (including phenoxy) is 2. The second-order valence-electron chi connectivity index (χ2n) is 4.90. The molecule has 0 fully saturated rings. The average molecular weight is 559 g/mol. The molecular weight excluding hydrogens is 546 g/mol. The summed E-state index contributed by atoms with van der Waals surface area (Å²) in [7, 11) is 1.45. The minimum Gasteiger partial charge on any atom is -0.491 e. The number of hydrogen-bond donors (Lipinski definition) is 0. The Bertz CT molecular complexity index is 794. The van der Waals surface area contributed by atoms with E-state index >= 15 is 0 Å². The zero-order valence-corrected chi connectivity index (χ0v) is 18.6. The fraction of sp³-hybridized carbons (Fsp3) is 0.312. The first-order chi connectivity index (χ1) is 11.8. The molecule has 10 heteroatoms. The van der Waals surface area contributed by atoms with Crippen molar-refractivity contribution in [3.8, 4) is 17.0 Å². The molecule has 2 aromatic rings. The van der Waals surface area contributed by atoms with Crippen molar-refractivity contribution in [2.24, 2.45) is 0 Å². The average Bonchev–Trinajstić information content (AvgIpc) is 2.53. The van der Waals surface area contributed by atoms with Crippen LogP contribution in [0.15, 0.2) is 23.0 Å². The Balaban J connectivity index is 0.00000338. The molecular formula is C16H13F4INO3Y-. The minimum atomic E-state index is -2.87. The summed E-state index contributed by atoms with van der Waals surface area (Å²) < 4.78 is 64.9. The molecule has 1 heterocycles. The quantitative estimate of drug-likeness (QED) is 0.226. The van der Waals surface area contributed by atoms with Crippen LogP contribution in [0.3, 0.4) is 0 Å². The van der Waals surface area contributed by atoms with E-state index in [4.69, 9.17) is 9.47 Å². The molecule has 0 saturated carbocycles. The Morgan fingerprint density at radius 2 is 1.85 bits per heavy atom. The number of benzene rings is 1. The van der Waals surface area contributed by atoms with Crippen LogP contribution in [0.5, 0.6) is 5.75 Å². The van der Waals surface area contributed by atoms with Crippen LogP contribution >= 0.6 is 22.6 Å². The summed E-state index contributed by atoms with van der Waals surface area (Å²) in [5, 5.41) is 0. The van der Waals surface area contributed by atoms with Gasteiger partial charge in [-0.05, 0) is 9.13 Å². The van der Waals surface area contributed by atoms with Crippen LogP contribution in [0, 0.1) is 21.3 Å². The van der Waals surface area contributed by atoms with Crippen molar-refractivity contribution in [3.05, 3.63) is 49.8 Å². The summed E-state index contributed by atoms with van der Waals surface area (Å²) in [4.78, 5) is 12.1. The fourth-order valence-electron chi connectivity index (χ4n) is 2.12. The summed E-state index contributed by atoms with van der Waals surface area (Å²) in [5.74, 6) is -2.18. The molecule has 1 aromatic carbocycles. The molecule has 0 aliphatic heterocycles. The summed E-state index contributed by atoms with van der Waals surface area (Å²) in [5.41, 5.74) is -1.77. The molecule has 0 atom stereocenters. The second-order valence-corrected chi connectivity index (χ2v) is 6.06. The van der Waals surface area contributed by atoms with Crippen molar-refractivity contribution in [3.63, 3.8) is 0 Å². The van der Waals surface area contributed by atoms with Gasteiger partial charge in [0.15, 0.2) is 0 Å². The fourth-order valence-corrected chi connectivity index (χ4v) is 2.57. The predicted molar refractivity (Wildman–Crippen MR) is 91.0 cm³/mol. The second kappa shape index (κ2) is 10.7. The molecule has 0 N–H and O–H groups in total. The number of aromatic nitrogens is 1. The number of hydrogen-bond acceptors (Lipinski definition) is 3. The molecule has 0 saturated heterocycles. The molecule has 0 amide bonds. The third kappa shape index (κ3) is 5.74. The monoisotopic (exact) mass is 559 g/mol. The molecule has 139 valence electrons. The Hall–Kier alpha value is -0.516. The molecule has 2 rings (SSSR count). The van der Waals surface area contributed by atoms with Gasteiger partial charge in [0.25, 0.3) is 6.43 Å². The van der Waals surface area contributed by atoms with Crippen molar-refractivity contribution >= 4 is 22.6 Å². The van der Waals surface area contributed by atoms with Gasteiger partial charge in [-0.15, -0.1) is 22.6 Å². The van der Waals surface area contributed by atoms with E-state index < -0.39 is 35.7 Å². The minimum absolute atomic E-state index is 0. The molecule has 1 radical (unpaired) electrons. The third-order valence-electron chi connectivity index (χ3n) is 3.18. The third-order valence-corrected chi connectivity index (χ3v) is 3.96. The molecule has 26 heavy (non-hydrogen) atoms. The van der Waals surface area contributed by atoms with E-state index in [0.717, 1.165) is 12.1 Å². The zero-order valence-electron chi connectivity index (χ0n) is 13.6. The number of methoxy groups -OCH3 is 1. The van der Waals surface area contributed by atoms with Gasteiger partial charge in [-0.3, -0.25) is 4.79 Å². The largest absolute Gasteiger partial charge is 0.491 e. The standard InChI is InChI=1S/C16H13F4INO3.Y/c1-24-4-5-25-9-6-10(17)15(11(18)7-9)13-3-2-12(21)16(23)22(13)8-14(19)20;/h2,6-7,14H,4-5,8H2,1H3;/q-1;. The topological polar surface area (TPSA) is 40.5 Å². The summed E-state index contributed by atoms with van der Waals surface area (Å²) in [6.45, 7) is -0.684. The zero-order chi connectivity index (χ0) is 18.6. The maximum atomic E-state index is 14.4. The molecule has 0 unspecified atom stereocenters. The van der Waals surface area contributed by atoms with Crippen molar-refractivity contribution in [1.82, 2.24) is 4.57 Å². The van der Waals surface area contributed by atoms with Crippen molar-refractivity contribution in [1.29, 1.82) is 0 Å². The number of nitrogens with zero attached hydrogens (tertiary/aromatic N) is 1. The number of pyridine rings is 1. The van der Waals surface area contributed by atoms with Crippen LogP contribution in [-0.4, -0.2) is 31.3 Å². The Labute approximate surface area is 185 Å². The molecule has 0 spiro atoms. The van der Waals surface area contributed by atoms with Crippen LogP contribution in [-0.2, 0) is 44.0 Å². The Morgan fingerprint density at radius 1 is 1.23 bits per heavy atom. The Kier molecular flexibility index (Phi) is 9.70. The van der Waals surface area contributed by atoms with Crippen LogP contribution < -0.4 is 10.3 Å². The van der Waals surface area contributed by atoms with Gasteiger partial charge in [-0.2, -0.15) is 12.1 Å². The molecule has 0 aliphatic carbocycles. The first-order valence-electron chi connectivity index (χ1n) is 7.05. The van der Waals surface area contributed by atoms with E-state index in [2.05, 4.69) is 6.07 Å². The van der Waals surface area contributed by atoms with E-state index in [0.29, 0.717) is 4.57 Å². The molecule has 4 nitrogen and oxygen atoms in total. The van der Waals surface area contributed by atoms with Crippen molar-refractivity contribution in [2.75, 3.05) is 20.3 Å². The van der Waals surface area contributed by atoms with Crippen molar-refractivity contribution in [2.45, 2.75) is 13.0 Å². The normalized spacial score (nSPS) is 10.7. The SMILES string of the molecule is COCCOc1cc(F)c(-c2[c-]cc(I)c(=O)n2CC(F)F)c(F)c1.[Y]. The molecule has 0 bridgehead atoms. The Morgan fingerprint density at radius 3 is 2.38 bits per heavy atom. The first kappa shape index (κ1) is 23.5. The number of alkyl halides is 2. The van der Waals surface area contributed by atoms with E-state index in [1.54, 1.807) is 22.6 Å². The van der Waals surface area contributed by atoms with Crippen LogP contribution in [0.2, 0.25) is 0 Å². The van der Waals surface area contributed by atoms with E-state index in [-0.39, 0.29) is 60.9 Å². The van der Waals surface area contributed by atoms with Gasteiger partial charge in [0.05, 0.1) is 24.8 Å². The smallest absolute Gasteiger partial charge is 0.256 e. The summed E-state index contributed by atoms with van der Waals surface area (Å²) >= 11 is 1.65. The van der Waals surface area contributed by atoms with Gasteiger partial charge in [0.1, 0.15) is 12.4 Å². The van der Waals surface area contributed by atoms with Gasteiger partial charge in [-0.25, -0.2) is 17.6 Å². The van der Waals surface area contributed by atoms with Crippen LogP contribution in [0.4, 0.5) is 17.6 Å². The summed E-state index contributed by atoms with van der Waals surface area (Å²) in [6.07, 6.45) is -2.87. The molecule has 0 aliphatic rings. The van der Waals surface area contributed by atoms with Gasteiger partial charge < -0.3 is 14.0 Å². The van der Waals surface area contributed by atoms with Gasteiger partial charge in [-0.1, -0.05) is 5.69 Å². The predicted octanol–water partition coefficient (Wildman–Crippen LogP) is 3.49. The van der Waals surface area contributed by atoms with Gasteiger partial charge in [0.2, 0.25) is 5.56 Å². The van der Waals surface area contributed by atoms with Crippen molar-refractivity contribution < 1.29 is 59.7 Å². The van der Waals surface area contributed by atoms with Crippen LogP contribution in [0.1, 0.15) is 0 Å². The summed E-state index contributed by atoms with van der Waals surface area (Å²) in [6, 6.07) is 5.53. The molecule has 1 aromatic heterocycles. The van der Waals surface area contributed by atoms with Crippen LogP contribution in [0.25, 0.3) is 11.3 Å². The van der Waals surface area contributed by atoms with Gasteiger partial charge >= 0.3 is 0 Å². The first-order valence-corrected chi connectivity index (χ1v) is 8.13. The number of halogens is 5. The van der Waals surface area contributed by atoms with Gasteiger partial charge in [0, 0.05) is 52.0 Å². The number of rotatable bonds is 7. The van der Waals surface area contributed by atoms with E-state index in [1.807, 2.05) is 0 Å². The maximum absolute atomic E-state index is 14.4. The maximum Gasteiger partial charge on any atom is 0.256 e. The van der Waals surface area contributed by atoms with E-state index in [1.165, 1.54) is 13.2 Å². The van der Waals surface area contributed by atoms with E-state index in [9.17, 15) is 22.4 Å².